The largest absolute Gasteiger partial charge is 0.481 e. The molecule has 0 spiro atoms. The van der Waals surface area contributed by atoms with Crippen molar-refractivity contribution in [2.24, 2.45) is 0 Å². The van der Waals surface area contributed by atoms with Gasteiger partial charge in [-0.05, 0) is 0 Å². The number of methoxy groups -OCH3 is 1. The van der Waals surface area contributed by atoms with Gasteiger partial charge in [0.05, 0.1) is 24.5 Å². The molecule has 0 aromatic carbocycles. The maximum Gasteiger partial charge on any atom is 0.228 e. The molecule has 1 fully saturated rings. The lowest BCUT2D eigenvalue weighted by Gasteiger charge is -2.34. The van der Waals surface area contributed by atoms with Crippen LogP contribution in [0.4, 0.5) is 11.9 Å². The van der Waals surface area contributed by atoms with E-state index < -0.39 is 0 Å². The summed E-state index contributed by atoms with van der Waals surface area (Å²) < 4.78 is 5.13. The third-order valence-corrected chi connectivity index (χ3v) is 3.47. The number of piperazine rings is 1. The van der Waals surface area contributed by atoms with Crippen molar-refractivity contribution in [3.05, 3.63) is 29.7 Å². The summed E-state index contributed by atoms with van der Waals surface area (Å²) in [4.78, 5) is 21.4. The molecule has 3 heterocycles. The summed E-state index contributed by atoms with van der Waals surface area (Å²) in [7, 11) is 1.60. The van der Waals surface area contributed by atoms with Gasteiger partial charge < -0.3 is 14.5 Å². The van der Waals surface area contributed by atoms with Crippen LogP contribution in [0.1, 0.15) is 0 Å². The summed E-state index contributed by atoms with van der Waals surface area (Å²) >= 11 is 5.80. The zero-order valence-corrected chi connectivity index (χ0v) is 12.4. The first-order chi connectivity index (χ1) is 10.3. The first-order valence-corrected chi connectivity index (χ1v) is 6.98. The SMILES string of the molecule is COc1ccnc(N2CCN(c3ncc(Cl)cn3)CC2)n1. The second kappa shape index (κ2) is 6.09. The van der Waals surface area contributed by atoms with Crippen molar-refractivity contribution in [2.45, 2.75) is 0 Å². The van der Waals surface area contributed by atoms with Gasteiger partial charge in [-0.15, -0.1) is 0 Å². The van der Waals surface area contributed by atoms with Gasteiger partial charge in [0.25, 0.3) is 0 Å². The van der Waals surface area contributed by atoms with E-state index in [0.717, 1.165) is 26.2 Å². The van der Waals surface area contributed by atoms with Crippen LogP contribution < -0.4 is 14.5 Å². The molecular weight excluding hydrogens is 292 g/mol. The Morgan fingerprint density at radius 3 is 2.24 bits per heavy atom. The number of ether oxygens (including phenoxy) is 1. The van der Waals surface area contributed by atoms with E-state index in [1.165, 1.54) is 0 Å². The number of anilines is 2. The quantitative estimate of drug-likeness (QED) is 0.845. The highest BCUT2D eigenvalue weighted by atomic mass is 35.5. The highest BCUT2D eigenvalue weighted by Crippen LogP contribution is 2.17. The Bertz CT molecular complexity index is 600. The molecule has 0 amide bonds. The molecular formula is C13H15ClN6O. The molecule has 3 rings (SSSR count). The van der Waals surface area contributed by atoms with E-state index in [-0.39, 0.29) is 0 Å². The van der Waals surface area contributed by atoms with Crippen LogP contribution in [0.5, 0.6) is 5.88 Å². The van der Waals surface area contributed by atoms with E-state index in [2.05, 4.69) is 29.7 Å². The van der Waals surface area contributed by atoms with Crippen LogP contribution in [0.25, 0.3) is 0 Å². The molecule has 1 aliphatic heterocycles. The highest BCUT2D eigenvalue weighted by Gasteiger charge is 2.20. The lowest BCUT2D eigenvalue weighted by molar-refractivity contribution is 0.396. The molecule has 110 valence electrons. The lowest BCUT2D eigenvalue weighted by atomic mass is 10.3. The second-order valence-corrected chi connectivity index (χ2v) is 5.01. The minimum Gasteiger partial charge on any atom is -0.481 e. The molecule has 7 nitrogen and oxygen atoms in total. The van der Waals surface area contributed by atoms with Gasteiger partial charge in [-0.25, -0.2) is 15.0 Å². The van der Waals surface area contributed by atoms with Crippen LogP contribution >= 0.6 is 11.6 Å². The van der Waals surface area contributed by atoms with E-state index in [1.807, 2.05) is 0 Å². The topological polar surface area (TPSA) is 67.3 Å². The lowest BCUT2D eigenvalue weighted by Crippen LogP contribution is -2.47. The predicted molar refractivity (Wildman–Crippen MR) is 80.1 cm³/mol. The second-order valence-electron chi connectivity index (χ2n) is 4.57. The average molecular weight is 307 g/mol. The summed E-state index contributed by atoms with van der Waals surface area (Å²) in [6, 6.07) is 1.74. The standard InChI is InChI=1S/C13H15ClN6O/c1-21-11-2-3-15-13(18-11)20-6-4-19(5-7-20)12-16-8-10(14)9-17-12/h2-3,8-9H,4-7H2,1H3. The van der Waals surface area contributed by atoms with E-state index in [9.17, 15) is 0 Å². The Hall–Kier alpha value is -2.15. The van der Waals surface area contributed by atoms with Crippen molar-refractivity contribution in [2.75, 3.05) is 43.1 Å². The number of hydrogen-bond donors (Lipinski definition) is 0. The van der Waals surface area contributed by atoms with Crippen LogP contribution in [-0.4, -0.2) is 53.2 Å². The minimum atomic E-state index is 0.544. The summed E-state index contributed by atoms with van der Waals surface area (Å²) in [5, 5.41) is 0.544. The maximum absolute atomic E-state index is 5.80. The molecule has 0 N–H and O–H groups in total. The molecule has 21 heavy (non-hydrogen) atoms. The fourth-order valence-electron chi connectivity index (χ4n) is 2.17. The molecule has 8 heteroatoms. The molecule has 0 atom stereocenters. The smallest absolute Gasteiger partial charge is 0.228 e. The molecule has 0 unspecified atom stereocenters. The highest BCUT2D eigenvalue weighted by molar-refractivity contribution is 6.30. The van der Waals surface area contributed by atoms with E-state index in [4.69, 9.17) is 16.3 Å². The van der Waals surface area contributed by atoms with Gasteiger partial charge in [0.2, 0.25) is 17.8 Å². The molecule has 2 aromatic heterocycles. The third kappa shape index (κ3) is 3.13. The van der Waals surface area contributed by atoms with E-state index in [1.54, 1.807) is 31.8 Å². The first kappa shape index (κ1) is 13.8. The molecule has 1 aliphatic rings. The Balaban J connectivity index is 1.65. The first-order valence-electron chi connectivity index (χ1n) is 6.61. The summed E-state index contributed by atoms with van der Waals surface area (Å²) in [5.74, 6) is 1.96. The number of rotatable bonds is 3. The molecule has 1 saturated heterocycles. The van der Waals surface area contributed by atoms with Crippen molar-refractivity contribution in [1.29, 1.82) is 0 Å². The van der Waals surface area contributed by atoms with Crippen molar-refractivity contribution >= 4 is 23.5 Å². The molecule has 0 bridgehead atoms. The van der Waals surface area contributed by atoms with Gasteiger partial charge in [0.15, 0.2) is 0 Å². The fraction of sp³-hybridized carbons (Fsp3) is 0.385. The van der Waals surface area contributed by atoms with Gasteiger partial charge in [0.1, 0.15) is 0 Å². The van der Waals surface area contributed by atoms with Crippen molar-refractivity contribution in [3.63, 3.8) is 0 Å². The molecule has 0 radical (unpaired) electrons. The third-order valence-electron chi connectivity index (χ3n) is 3.28. The average Bonchev–Trinajstić information content (AvgIpc) is 2.56. The van der Waals surface area contributed by atoms with Gasteiger partial charge in [0, 0.05) is 38.4 Å². The van der Waals surface area contributed by atoms with Crippen LogP contribution in [0.15, 0.2) is 24.7 Å². The fourth-order valence-corrected chi connectivity index (χ4v) is 2.27. The van der Waals surface area contributed by atoms with Gasteiger partial charge in [-0.3, -0.25) is 0 Å². The van der Waals surface area contributed by atoms with Crippen LogP contribution in [-0.2, 0) is 0 Å². The zero-order valence-electron chi connectivity index (χ0n) is 11.6. The molecule has 2 aromatic rings. The van der Waals surface area contributed by atoms with Crippen molar-refractivity contribution < 1.29 is 4.74 Å². The molecule has 0 aliphatic carbocycles. The predicted octanol–water partition coefficient (Wildman–Crippen LogP) is 1.26. The van der Waals surface area contributed by atoms with Gasteiger partial charge in [-0.2, -0.15) is 4.98 Å². The summed E-state index contributed by atoms with van der Waals surface area (Å²) in [5.41, 5.74) is 0. The van der Waals surface area contributed by atoms with Gasteiger partial charge >= 0.3 is 0 Å². The van der Waals surface area contributed by atoms with Crippen LogP contribution in [0.2, 0.25) is 5.02 Å². The van der Waals surface area contributed by atoms with Crippen molar-refractivity contribution in [1.82, 2.24) is 19.9 Å². The van der Waals surface area contributed by atoms with Crippen LogP contribution in [0, 0.1) is 0 Å². The Kier molecular flexibility index (Phi) is 4.01. The number of aromatic nitrogens is 4. The molecule has 0 saturated carbocycles. The normalized spacial score (nSPS) is 15.1. The Labute approximate surface area is 127 Å². The number of hydrogen-bond acceptors (Lipinski definition) is 7. The van der Waals surface area contributed by atoms with E-state index in [0.29, 0.717) is 22.8 Å². The van der Waals surface area contributed by atoms with Gasteiger partial charge in [-0.1, -0.05) is 11.6 Å². The van der Waals surface area contributed by atoms with Crippen molar-refractivity contribution in [3.8, 4) is 5.88 Å². The number of nitrogens with zero attached hydrogens (tertiary/aromatic N) is 6. The zero-order chi connectivity index (χ0) is 14.7. The van der Waals surface area contributed by atoms with E-state index >= 15 is 0 Å². The Morgan fingerprint density at radius 1 is 1.00 bits per heavy atom. The van der Waals surface area contributed by atoms with Crippen LogP contribution in [0.3, 0.4) is 0 Å². The summed E-state index contributed by atoms with van der Waals surface area (Å²) in [6.45, 7) is 3.22. The summed E-state index contributed by atoms with van der Waals surface area (Å²) in [6.07, 6.45) is 4.93. The number of halogens is 1. The maximum atomic E-state index is 5.80. The monoisotopic (exact) mass is 306 g/mol. The Morgan fingerprint density at radius 2 is 1.62 bits per heavy atom. The minimum absolute atomic E-state index is 0.544.